The van der Waals surface area contributed by atoms with Crippen LogP contribution in [0.25, 0.3) is 10.9 Å². The van der Waals surface area contributed by atoms with Crippen molar-refractivity contribution < 1.29 is 19.5 Å². The van der Waals surface area contributed by atoms with Crippen LogP contribution in [0.4, 0.5) is 0 Å². The van der Waals surface area contributed by atoms with Gasteiger partial charge in [0.2, 0.25) is 5.91 Å². The van der Waals surface area contributed by atoms with Gasteiger partial charge in [0.05, 0.1) is 12.5 Å². The third-order valence-corrected chi connectivity index (χ3v) is 3.50. The van der Waals surface area contributed by atoms with E-state index in [1.54, 1.807) is 6.20 Å². The molecule has 22 heavy (non-hydrogen) atoms. The molecular weight excluding hydrogens is 284 g/mol. The minimum atomic E-state index is -0.989. The van der Waals surface area contributed by atoms with Gasteiger partial charge in [-0.3, -0.25) is 14.4 Å². The van der Waals surface area contributed by atoms with E-state index in [0.29, 0.717) is 0 Å². The largest absolute Gasteiger partial charge is 0.481 e. The summed E-state index contributed by atoms with van der Waals surface area (Å²) in [7, 11) is 0. The third-order valence-electron chi connectivity index (χ3n) is 3.50. The van der Waals surface area contributed by atoms with Gasteiger partial charge in [0, 0.05) is 23.5 Å². The maximum Gasteiger partial charge on any atom is 0.303 e. The molecule has 1 amide bonds. The monoisotopic (exact) mass is 302 g/mol. The molecule has 1 aromatic carbocycles. The highest BCUT2D eigenvalue weighted by molar-refractivity contribution is 5.91. The van der Waals surface area contributed by atoms with Crippen LogP contribution in [0.2, 0.25) is 0 Å². The van der Waals surface area contributed by atoms with Crippen molar-refractivity contribution in [2.75, 3.05) is 0 Å². The number of carbonyl (C=O) groups excluding carboxylic acids is 2. The van der Waals surface area contributed by atoms with Gasteiger partial charge in [-0.2, -0.15) is 0 Å². The highest BCUT2D eigenvalue weighted by Gasteiger charge is 2.19. The van der Waals surface area contributed by atoms with Crippen molar-refractivity contribution in [3.8, 4) is 0 Å². The summed E-state index contributed by atoms with van der Waals surface area (Å²) in [4.78, 5) is 37.3. The van der Waals surface area contributed by atoms with Crippen LogP contribution in [0.3, 0.4) is 0 Å². The number of para-hydroxylation sites is 1. The summed E-state index contributed by atoms with van der Waals surface area (Å²) in [6, 6.07) is 6.88. The van der Waals surface area contributed by atoms with E-state index >= 15 is 0 Å². The SMILES string of the molecule is CC(=O)[C@H](CCC(=O)O)NC(=O)Cc1c[nH]c2ccccc12. The standard InChI is InChI=1S/C16H18N2O4/c1-10(19)13(6-7-16(21)22)18-15(20)8-11-9-17-14-5-3-2-4-12(11)14/h2-5,9,13,17H,6-8H2,1H3,(H,18,20)(H,21,22)/t13-/m0/s1. The number of aromatic amines is 1. The van der Waals surface area contributed by atoms with Crippen LogP contribution in [0, 0.1) is 0 Å². The second kappa shape index (κ2) is 6.89. The summed E-state index contributed by atoms with van der Waals surface area (Å²) in [6.07, 6.45) is 1.85. The van der Waals surface area contributed by atoms with E-state index in [1.165, 1.54) is 6.92 Å². The lowest BCUT2D eigenvalue weighted by atomic mass is 10.1. The molecule has 0 saturated carbocycles. The quantitative estimate of drug-likeness (QED) is 0.724. The molecule has 6 heteroatoms. The van der Waals surface area contributed by atoms with Gasteiger partial charge in [-0.25, -0.2) is 0 Å². The molecule has 0 aliphatic rings. The number of amides is 1. The van der Waals surface area contributed by atoms with Gasteiger partial charge in [-0.05, 0) is 25.0 Å². The fourth-order valence-corrected chi connectivity index (χ4v) is 2.34. The minimum Gasteiger partial charge on any atom is -0.481 e. The van der Waals surface area contributed by atoms with E-state index in [0.717, 1.165) is 16.5 Å². The smallest absolute Gasteiger partial charge is 0.303 e. The van der Waals surface area contributed by atoms with Crippen molar-refractivity contribution in [2.45, 2.75) is 32.2 Å². The molecular formula is C16H18N2O4. The fourth-order valence-electron chi connectivity index (χ4n) is 2.34. The van der Waals surface area contributed by atoms with Crippen LogP contribution in [0.1, 0.15) is 25.3 Å². The maximum atomic E-state index is 12.1. The zero-order valence-corrected chi connectivity index (χ0v) is 12.3. The van der Waals surface area contributed by atoms with Crippen molar-refractivity contribution in [3.05, 3.63) is 36.0 Å². The van der Waals surface area contributed by atoms with Crippen molar-refractivity contribution in [2.24, 2.45) is 0 Å². The Balaban J connectivity index is 2.01. The predicted octanol–water partition coefficient (Wildman–Crippen LogP) is 1.65. The lowest BCUT2D eigenvalue weighted by Crippen LogP contribution is -2.40. The molecule has 3 N–H and O–H groups in total. The highest BCUT2D eigenvalue weighted by Crippen LogP contribution is 2.18. The number of carbonyl (C=O) groups is 3. The van der Waals surface area contributed by atoms with Crippen molar-refractivity contribution >= 4 is 28.6 Å². The molecule has 0 bridgehead atoms. The Kier molecular flexibility index (Phi) is 4.93. The summed E-state index contributed by atoms with van der Waals surface area (Å²) in [6.45, 7) is 1.35. The molecule has 6 nitrogen and oxygen atoms in total. The molecule has 0 unspecified atom stereocenters. The Morgan fingerprint density at radius 1 is 1.27 bits per heavy atom. The van der Waals surface area contributed by atoms with Gasteiger partial charge < -0.3 is 15.4 Å². The Hall–Kier alpha value is -2.63. The number of benzene rings is 1. The van der Waals surface area contributed by atoms with Crippen LogP contribution in [-0.2, 0) is 20.8 Å². The summed E-state index contributed by atoms with van der Waals surface area (Å²) in [5.74, 6) is -1.53. The summed E-state index contributed by atoms with van der Waals surface area (Å²) in [5.41, 5.74) is 1.79. The number of carboxylic acid groups (broad SMARTS) is 1. The zero-order valence-electron chi connectivity index (χ0n) is 12.3. The lowest BCUT2D eigenvalue weighted by molar-refractivity contribution is -0.137. The second-order valence-corrected chi connectivity index (χ2v) is 5.20. The molecule has 116 valence electrons. The summed E-state index contributed by atoms with van der Waals surface area (Å²) >= 11 is 0. The minimum absolute atomic E-state index is 0.101. The molecule has 0 fully saturated rings. The molecule has 0 spiro atoms. The third kappa shape index (κ3) is 3.94. The number of rotatable bonds is 7. The summed E-state index contributed by atoms with van der Waals surface area (Å²) in [5, 5.41) is 12.2. The number of nitrogens with one attached hydrogen (secondary N) is 2. The molecule has 0 aliphatic heterocycles. The van der Waals surface area contributed by atoms with Crippen molar-refractivity contribution in [1.29, 1.82) is 0 Å². The average Bonchev–Trinajstić information content (AvgIpc) is 2.86. The second-order valence-electron chi connectivity index (χ2n) is 5.20. The number of aromatic nitrogens is 1. The molecule has 1 aromatic heterocycles. The van der Waals surface area contributed by atoms with Crippen molar-refractivity contribution in [3.63, 3.8) is 0 Å². The molecule has 2 aromatic rings. The Morgan fingerprint density at radius 2 is 2.00 bits per heavy atom. The van der Waals surface area contributed by atoms with Gasteiger partial charge in [-0.15, -0.1) is 0 Å². The average molecular weight is 302 g/mol. The van der Waals surface area contributed by atoms with Gasteiger partial charge in [0.25, 0.3) is 0 Å². The highest BCUT2D eigenvalue weighted by atomic mass is 16.4. The lowest BCUT2D eigenvalue weighted by Gasteiger charge is -2.14. The predicted molar refractivity (Wildman–Crippen MR) is 81.5 cm³/mol. The van der Waals surface area contributed by atoms with Crippen molar-refractivity contribution in [1.82, 2.24) is 10.3 Å². The topological polar surface area (TPSA) is 99.3 Å². The van der Waals surface area contributed by atoms with Crippen LogP contribution in [-0.4, -0.2) is 33.8 Å². The van der Waals surface area contributed by atoms with Crippen LogP contribution < -0.4 is 5.32 Å². The molecule has 2 rings (SSSR count). The van der Waals surface area contributed by atoms with E-state index in [1.807, 2.05) is 24.3 Å². The first-order chi connectivity index (χ1) is 10.5. The molecule has 0 aliphatic carbocycles. The first-order valence-corrected chi connectivity index (χ1v) is 7.04. The molecule has 1 heterocycles. The van der Waals surface area contributed by atoms with Gasteiger partial charge in [-0.1, -0.05) is 18.2 Å². The van der Waals surface area contributed by atoms with E-state index in [4.69, 9.17) is 5.11 Å². The van der Waals surface area contributed by atoms with Gasteiger partial charge in [0.15, 0.2) is 5.78 Å². The van der Waals surface area contributed by atoms with E-state index in [9.17, 15) is 14.4 Å². The number of aliphatic carboxylic acids is 1. The Morgan fingerprint density at radius 3 is 2.68 bits per heavy atom. The number of hydrogen-bond donors (Lipinski definition) is 3. The first-order valence-electron chi connectivity index (χ1n) is 7.04. The number of carboxylic acids is 1. The summed E-state index contributed by atoms with van der Waals surface area (Å²) < 4.78 is 0. The Bertz CT molecular complexity index is 705. The zero-order chi connectivity index (χ0) is 16.1. The molecule has 0 saturated heterocycles. The Labute approximate surface area is 127 Å². The van der Waals surface area contributed by atoms with Crippen LogP contribution >= 0.6 is 0 Å². The number of ketones is 1. The fraction of sp³-hybridized carbons (Fsp3) is 0.312. The number of Topliss-reactive ketones (excluding diaryl/α,β-unsaturated/α-hetero) is 1. The van der Waals surface area contributed by atoms with Crippen LogP contribution in [0.15, 0.2) is 30.5 Å². The normalized spacial score (nSPS) is 12.0. The number of hydrogen-bond acceptors (Lipinski definition) is 3. The number of fused-ring (bicyclic) bond motifs is 1. The molecule has 1 atom stereocenters. The maximum absolute atomic E-state index is 12.1. The van der Waals surface area contributed by atoms with Gasteiger partial charge in [0.1, 0.15) is 0 Å². The number of H-pyrrole nitrogens is 1. The van der Waals surface area contributed by atoms with E-state index in [-0.39, 0.29) is 31.0 Å². The van der Waals surface area contributed by atoms with E-state index < -0.39 is 12.0 Å². The molecule has 0 radical (unpaired) electrons. The first kappa shape index (κ1) is 15.8. The van der Waals surface area contributed by atoms with E-state index in [2.05, 4.69) is 10.3 Å². The van der Waals surface area contributed by atoms with Crippen LogP contribution in [0.5, 0.6) is 0 Å². The van der Waals surface area contributed by atoms with Gasteiger partial charge >= 0.3 is 5.97 Å².